The van der Waals surface area contributed by atoms with Gasteiger partial charge in [-0.25, -0.2) is 0 Å². The predicted molar refractivity (Wildman–Crippen MR) is 98.4 cm³/mol. The summed E-state index contributed by atoms with van der Waals surface area (Å²) in [6.07, 6.45) is 3.14. The predicted octanol–water partition coefficient (Wildman–Crippen LogP) is 2.80. The van der Waals surface area contributed by atoms with E-state index >= 15 is 0 Å². The molecule has 0 aliphatic heterocycles. The van der Waals surface area contributed by atoms with E-state index in [1.807, 2.05) is 24.3 Å². The largest absolute Gasteiger partial charge is 0.372 e. The highest BCUT2D eigenvalue weighted by atomic mass is 16.2. The number of rotatable bonds is 8. The van der Waals surface area contributed by atoms with Crippen molar-refractivity contribution in [2.75, 3.05) is 36.0 Å². The highest BCUT2D eigenvalue weighted by molar-refractivity contribution is 5.91. The third-order valence-corrected chi connectivity index (χ3v) is 4.78. The van der Waals surface area contributed by atoms with Crippen molar-refractivity contribution in [3.63, 3.8) is 0 Å². The monoisotopic (exact) mass is 331 g/mol. The van der Waals surface area contributed by atoms with Crippen LogP contribution in [-0.4, -0.2) is 38.0 Å². The fraction of sp³-hybridized carbons (Fsp3) is 0.579. The highest BCUT2D eigenvalue weighted by Crippen LogP contribution is 2.26. The molecule has 0 spiro atoms. The lowest BCUT2D eigenvalue weighted by atomic mass is 9.85. The number of anilines is 2. The van der Waals surface area contributed by atoms with Gasteiger partial charge in [-0.1, -0.05) is 6.42 Å². The van der Waals surface area contributed by atoms with Crippen LogP contribution in [0.1, 0.15) is 40.0 Å². The lowest BCUT2D eigenvalue weighted by Gasteiger charge is -2.26. The van der Waals surface area contributed by atoms with Crippen LogP contribution in [0.25, 0.3) is 0 Å². The van der Waals surface area contributed by atoms with Gasteiger partial charge >= 0.3 is 0 Å². The maximum absolute atomic E-state index is 12.0. The van der Waals surface area contributed by atoms with Gasteiger partial charge in [-0.15, -0.1) is 0 Å². The zero-order valence-corrected chi connectivity index (χ0v) is 15.0. The van der Waals surface area contributed by atoms with Crippen molar-refractivity contribution in [3.8, 4) is 0 Å². The first-order chi connectivity index (χ1) is 11.6. The van der Waals surface area contributed by atoms with Crippen molar-refractivity contribution in [2.24, 2.45) is 5.92 Å². The number of nitrogens with zero attached hydrogens (tertiary/aromatic N) is 2. The number of carbonyl (C=O) groups excluding carboxylic acids is 2. The molecule has 24 heavy (non-hydrogen) atoms. The molecular formula is C19H29N3O2. The van der Waals surface area contributed by atoms with E-state index in [1.165, 1.54) is 0 Å². The fourth-order valence-corrected chi connectivity index (χ4v) is 3.01. The molecule has 1 aliphatic carbocycles. The Bertz CT molecular complexity index is 548. The van der Waals surface area contributed by atoms with Crippen molar-refractivity contribution in [3.05, 3.63) is 24.3 Å². The quantitative estimate of drug-likeness (QED) is 0.797. The van der Waals surface area contributed by atoms with E-state index in [9.17, 15) is 9.59 Å². The number of hydrogen-bond donors (Lipinski definition) is 1. The summed E-state index contributed by atoms with van der Waals surface area (Å²) in [6, 6.07) is 8.04. The minimum atomic E-state index is -0.0107. The van der Waals surface area contributed by atoms with Gasteiger partial charge in [-0.2, -0.15) is 0 Å². The molecule has 5 nitrogen and oxygen atoms in total. The molecule has 0 bridgehead atoms. The SMILES string of the molecule is CCN(CC)c1ccc(N(CCNC(=O)C2CCC2)C(C)=O)cc1. The lowest BCUT2D eigenvalue weighted by molar-refractivity contribution is -0.127. The zero-order valence-electron chi connectivity index (χ0n) is 15.0. The van der Waals surface area contributed by atoms with Crippen LogP contribution in [0.2, 0.25) is 0 Å². The van der Waals surface area contributed by atoms with Gasteiger partial charge in [0.1, 0.15) is 0 Å². The molecule has 0 unspecified atom stereocenters. The summed E-state index contributed by atoms with van der Waals surface area (Å²) in [5.74, 6) is 0.300. The van der Waals surface area contributed by atoms with Crippen LogP contribution in [0.15, 0.2) is 24.3 Å². The summed E-state index contributed by atoms with van der Waals surface area (Å²) >= 11 is 0. The number of amides is 2. The highest BCUT2D eigenvalue weighted by Gasteiger charge is 2.24. The minimum Gasteiger partial charge on any atom is -0.372 e. The van der Waals surface area contributed by atoms with Gasteiger partial charge in [0.15, 0.2) is 0 Å². The molecule has 0 aromatic heterocycles. The first kappa shape index (κ1) is 18.3. The Balaban J connectivity index is 1.94. The van der Waals surface area contributed by atoms with E-state index in [4.69, 9.17) is 0 Å². The first-order valence-corrected chi connectivity index (χ1v) is 8.97. The Morgan fingerprint density at radius 1 is 1.08 bits per heavy atom. The molecule has 0 radical (unpaired) electrons. The van der Waals surface area contributed by atoms with Gasteiger partial charge in [0.05, 0.1) is 0 Å². The molecule has 1 aromatic carbocycles. The third kappa shape index (κ3) is 4.49. The van der Waals surface area contributed by atoms with E-state index in [-0.39, 0.29) is 17.7 Å². The van der Waals surface area contributed by atoms with Crippen molar-refractivity contribution in [1.29, 1.82) is 0 Å². The van der Waals surface area contributed by atoms with Gasteiger partial charge in [0.2, 0.25) is 11.8 Å². The average Bonchev–Trinajstić information content (AvgIpc) is 2.51. The van der Waals surface area contributed by atoms with Crippen molar-refractivity contribution >= 4 is 23.2 Å². The fourth-order valence-electron chi connectivity index (χ4n) is 3.01. The second kappa shape index (κ2) is 8.71. The minimum absolute atomic E-state index is 0.0107. The Kier molecular flexibility index (Phi) is 6.64. The van der Waals surface area contributed by atoms with E-state index in [0.29, 0.717) is 13.1 Å². The topological polar surface area (TPSA) is 52.6 Å². The molecule has 2 amide bonds. The maximum atomic E-state index is 12.0. The maximum Gasteiger partial charge on any atom is 0.223 e. The number of carbonyl (C=O) groups is 2. The number of hydrogen-bond acceptors (Lipinski definition) is 3. The van der Waals surface area contributed by atoms with Crippen LogP contribution in [0.3, 0.4) is 0 Å². The van der Waals surface area contributed by atoms with Crippen molar-refractivity contribution in [2.45, 2.75) is 40.0 Å². The second-order valence-electron chi connectivity index (χ2n) is 6.28. The Morgan fingerprint density at radius 3 is 2.12 bits per heavy atom. The summed E-state index contributed by atoms with van der Waals surface area (Å²) in [5, 5.41) is 2.95. The van der Waals surface area contributed by atoms with Crippen LogP contribution in [-0.2, 0) is 9.59 Å². The Morgan fingerprint density at radius 2 is 1.67 bits per heavy atom. The normalized spacial score (nSPS) is 14.0. The molecule has 0 atom stereocenters. The van der Waals surface area contributed by atoms with Crippen LogP contribution in [0, 0.1) is 5.92 Å². The van der Waals surface area contributed by atoms with Crippen LogP contribution in [0.4, 0.5) is 11.4 Å². The van der Waals surface area contributed by atoms with Crippen molar-refractivity contribution < 1.29 is 9.59 Å². The molecule has 0 heterocycles. The van der Waals surface area contributed by atoms with Gasteiger partial charge in [-0.3, -0.25) is 9.59 Å². The molecule has 1 saturated carbocycles. The second-order valence-corrected chi connectivity index (χ2v) is 6.28. The summed E-state index contributed by atoms with van der Waals surface area (Å²) < 4.78 is 0. The molecule has 132 valence electrons. The van der Waals surface area contributed by atoms with Gasteiger partial charge in [0.25, 0.3) is 0 Å². The molecule has 1 aliphatic rings. The molecule has 0 saturated heterocycles. The van der Waals surface area contributed by atoms with Gasteiger partial charge in [-0.05, 0) is 51.0 Å². The van der Waals surface area contributed by atoms with Crippen molar-refractivity contribution in [1.82, 2.24) is 5.32 Å². The Labute approximate surface area is 145 Å². The smallest absolute Gasteiger partial charge is 0.223 e. The van der Waals surface area contributed by atoms with E-state index in [1.54, 1.807) is 11.8 Å². The Hall–Kier alpha value is -2.04. The molecule has 5 heteroatoms. The van der Waals surface area contributed by atoms with Crippen LogP contribution in [0.5, 0.6) is 0 Å². The number of nitrogens with one attached hydrogen (secondary N) is 1. The summed E-state index contributed by atoms with van der Waals surface area (Å²) in [4.78, 5) is 27.8. The summed E-state index contributed by atoms with van der Waals surface area (Å²) in [7, 11) is 0. The van der Waals surface area contributed by atoms with Crippen LogP contribution < -0.4 is 15.1 Å². The number of benzene rings is 1. The van der Waals surface area contributed by atoms with E-state index in [2.05, 4.69) is 24.1 Å². The first-order valence-electron chi connectivity index (χ1n) is 8.97. The average molecular weight is 331 g/mol. The molecule has 2 rings (SSSR count). The van der Waals surface area contributed by atoms with E-state index < -0.39 is 0 Å². The molecule has 1 aromatic rings. The summed E-state index contributed by atoms with van der Waals surface area (Å²) in [6.45, 7) is 8.73. The zero-order chi connectivity index (χ0) is 17.5. The van der Waals surface area contributed by atoms with Gasteiger partial charge < -0.3 is 15.1 Å². The van der Waals surface area contributed by atoms with Crippen LogP contribution >= 0.6 is 0 Å². The molecule has 1 N–H and O–H groups in total. The van der Waals surface area contributed by atoms with Gasteiger partial charge in [0, 0.05) is 50.4 Å². The third-order valence-electron chi connectivity index (χ3n) is 4.78. The molecule has 1 fully saturated rings. The summed E-state index contributed by atoms with van der Waals surface area (Å²) in [5.41, 5.74) is 2.03. The van der Waals surface area contributed by atoms with E-state index in [0.717, 1.165) is 43.7 Å². The molecular weight excluding hydrogens is 302 g/mol. The standard InChI is InChI=1S/C19H29N3O2/c1-4-21(5-2)17-9-11-18(12-10-17)22(15(3)23)14-13-20-19(24)16-7-6-8-16/h9-12,16H,4-8,13-14H2,1-3H3,(H,20,24). The lowest BCUT2D eigenvalue weighted by Crippen LogP contribution is -2.41.